The van der Waals surface area contributed by atoms with Gasteiger partial charge in [-0.2, -0.15) is 0 Å². The number of nitrogens with one attached hydrogen (secondary N) is 1. The van der Waals surface area contributed by atoms with Gasteiger partial charge in [0.2, 0.25) is 0 Å². The third-order valence-electron chi connectivity index (χ3n) is 2.50. The number of carbonyl (C=O) groups is 2. The maximum atomic E-state index is 11.9. The van der Waals surface area contributed by atoms with Gasteiger partial charge < -0.3 is 5.32 Å². The standard InChI is InChI=1S/C14H13NO2S/c1-9-7-13(18-8-9)14(17)15-12-5-3-11(4-6-12)10(2)16/h3-8H,1-2H3,(H,15,17). The molecule has 0 aliphatic carbocycles. The van der Waals surface area contributed by atoms with Crippen LogP contribution in [0, 0.1) is 6.92 Å². The van der Waals surface area contributed by atoms with Crippen molar-refractivity contribution in [2.45, 2.75) is 13.8 Å². The number of hydrogen-bond acceptors (Lipinski definition) is 3. The van der Waals surface area contributed by atoms with Gasteiger partial charge in [0, 0.05) is 11.3 Å². The highest BCUT2D eigenvalue weighted by molar-refractivity contribution is 7.12. The van der Waals surface area contributed by atoms with Gasteiger partial charge in [0.25, 0.3) is 5.91 Å². The minimum Gasteiger partial charge on any atom is -0.321 e. The first kappa shape index (κ1) is 12.5. The largest absolute Gasteiger partial charge is 0.321 e. The van der Waals surface area contributed by atoms with Gasteiger partial charge in [-0.15, -0.1) is 11.3 Å². The van der Waals surface area contributed by atoms with Crippen molar-refractivity contribution in [2.24, 2.45) is 0 Å². The van der Waals surface area contributed by atoms with Crippen LogP contribution in [0.25, 0.3) is 0 Å². The highest BCUT2D eigenvalue weighted by Gasteiger charge is 2.08. The molecule has 1 aromatic heterocycles. The number of thiophene rings is 1. The number of anilines is 1. The Morgan fingerprint density at radius 2 is 1.83 bits per heavy atom. The fraction of sp³-hybridized carbons (Fsp3) is 0.143. The second-order valence-electron chi connectivity index (χ2n) is 4.08. The molecule has 0 aliphatic rings. The van der Waals surface area contributed by atoms with Crippen molar-refractivity contribution in [2.75, 3.05) is 5.32 Å². The number of Topliss-reactive ketones (excluding diaryl/α,β-unsaturated/α-hetero) is 1. The zero-order chi connectivity index (χ0) is 13.1. The van der Waals surface area contributed by atoms with Crippen molar-refractivity contribution in [3.8, 4) is 0 Å². The molecule has 2 rings (SSSR count). The average molecular weight is 259 g/mol. The van der Waals surface area contributed by atoms with Crippen molar-refractivity contribution < 1.29 is 9.59 Å². The molecule has 0 radical (unpaired) electrons. The van der Waals surface area contributed by atoms with Crippen molar-refractivity contribution in [1.82, 2.24) is 0 Å². The number of hydrogen-bond donors (Lipinski definition) is 1. The van der Waals surface area contributed by atoms with E-state index >= 15 is 0 Å². The molecule has 0 aliphatic heterocycles. The van der Waals surface area contributed by atoms with Gasteiger partial charge in [0.1, 0.15) is 0 Å². The number of benzene rings is 1. The van der Waals surface area contributed by atoms with Crippen molar-refractivity contribution in [1.29, 1.82) is 0 Å². The molecule has 0 atom stereocenters. The summed E-state index contributed by atoms with van der Waals surface area (Å²) in [5.74, 6) is -0.106. The van der Waals surface area contributed by atoms with E-state index in [-0.39, 0.29) is 11.7 Å². The molecule has 2 aromatic rings. The van der Waals surface area contributed by atoms with Gasteiger partial charge in [-0.1, -0.05) is 0 Å². The van der Waals surface area contributed by atoms with E-state index in [1.807, 2.05) is 18.4 Å². The molecule has 0 spiro atoms. The maximum absolute atomic E-state index is 11.9. The minimum atomic E-state index is -0.122. The fourth-order valence-electron chi connectivity index (χ4n) is 1.53. The molecule has 0 fully saturated rings. The summed E-state index contributed by atoms with van der Waals surface area (Å²) in [4.78, 5) is 23.7. The number of ketones is 1. The lowest BCUT2D eigenvalue weighted by molar-refractivity contribution is 0.101. The molecule has 18 heavy (non-hydrogen) atoms. The van der Waals surface area contributed by atoms with Crippen molar-refractivity contribution in [3.05, 3.63) is 51.7 Å². The van der Waals surface area contributed by atoms with Crippen LogP contribution in [0.3, 0.4) is 0 Å². The molecule has 92 valence electrons. The van der Waals surface area contributed by atoms with Gasteiger partial charge in [-0.25, -0.2) is 0 Å². The van der Waals surface area contributed by atoms with E-state index in [2.05, 4.69) is 5.32 Å². The highest BCUT2D eigenvalue weighted by Crippen LogP contribution is 2.16. The molecule has 0 unspecified atom stereocenters. The Bertz CT molecular complexity index is 584. The number of aryl methyl sites for hydroxylation is 1. The summed E-state index contributed by atoms with van der Waals surface area (Å²) in [5, 5.41) is 4.74. The van der Waals surface area contributed by atoms with Crippen LogP contribution in [0.5, 0.6) is 0 Å². The average Bonchev–Trinajstić information content (AvgIpc) is 2.76. The molecule has 4 heteroatoms. The zero-order valence-electron chi connectivity index (χ0n) is 10.2. The predicted octanol–water partition coefficient (Wildman–Crippen LogP) is 3.51. The normalized spacial score (nSPS) is 10.1. The Kier molecular flexibility index (Phi) is 3.58. The van der Waals surface area contributed by atoms with E-state index in [0.29, 0.717) is 16.1 Å². The summed E-state index contributed by atoms with van der Waals surface area (Å²) in [7, 11) is 0. The van der Waals surface area contributed by atoms with Gasteiger partial charge in [0.15, 0.2) is 5.78 Å². The topological polar surface area (TPSA) is 46.2 Å². The smallest absolute Gasteiger partial charge is 0.265 e. The van der Waals surface area contributed by atoms with Crippen LogP contribution < -0.4 is 5.32 Å². The Morgan fingerprint density at radius 3 is 2.33 bits per heavy atom. The zero-order valence-corrected chi connectivity index (χ0v) is 11.0. The fourth-order valence-corrected chi connectivity index (χ4v) is 2.32. The summed E-state index contributed by atoms with van der Waals surface area (Å²) in [5.41, 5.74) is 2.41. The molecular formula is C14H13NO2S. The van der Waals surface area contributed by atoms with Crippen LogP contribution in [0.15, 0.2) is 35.7 Å². The van der Waals surface area contributed by atoms with E-state index in [1.54, 1.807) is 24.3 Å². The summed E-state index contributed by atoms with van der Waals surface area (Å²) in [6.07, 6.45) is 0. The summed E-state index contributed by atoms with van der Waals surface area (Å²) < 4.78 is 0. The quantitative estimate of drug-likeness (QED) is 0.857. The van der Waals surface area contributed by atoms with E-state index in [9.17, 15) is 9.59 Å². The Hall–Kier alpha value is -1.94. The summed E-state index contributed by atoms with van der Waals surface area (Å²) >= 11 is 1.42. The molecule has 1 heterocycles. The first-order chi connectivity index (χ1) is 8.56. The van der Waals surface area contributed by atoms with Gasteiger partial charge >= 0.3 is 0 Å². The third-order valence-corrected chi connectivity index (χ3v) is 3.55. The SMILES string of the molecule is CC(=O)c1ccc(NC(=O)c2cc(C)cs2)cc1. The minimum absolute atomic E-state index is 0.0155. The second-order valence-corrected chi connectivity index (χ2v) is 4.99. The van der Waals surface area contributed by atoms with Crippen LogP contribution in [0.1, 0.15) is 32.5 Å². The highest BCUT2D eigenvalue weighted by atomic mass is 32.1. The number of rotatable bonds is 3. The Balaban J connectivity index is 2.10. The van der Waals surface area contributed by atoms with Gasteiger partial charge in [-0.05, 0) is 55.1 Å². The maximum Gasteiger partial charge on any atom is 0.265 e. The molecule has 1 amide bonds. The van der Waals surface area contributed by atoms with Crippen LogP contribution in [-0.2, 0) is 0 Å². The number of carbonyl (C=O) groups excluding carboxylic acids is 2. The lowest BCUT2D eigenvalue weighted by atomic mass is 10.1. The van der Waals surface area contributed by atoms with Crippen molar-refractivity contribution >= 4 is 28.7 Å². The monoisotopic (exact) mass is 259 g/mol. The first-order valence-electron chi connectivity index (χ1n) is 5.54. The Labute approximate surface area is 109 Å². The molecule has 1 aromatic carbocycles. The van der Waals surface area contributed by atoms with E-state index in [1.165, 1.54) is 18.3 Å². The van der Waals surface area contributed by atoms with E-state index in [0.717, 1.165) is 5.56 Å². The predicted molar refractivity (Wildman–Crippen MR) is 73.5 cm³/mol. The summed E-state index contributed by atoms with van der Waals surface area (Å²) in [6.45, 7) is 3.47. The van der Waals surface area contributed by atoms with Gasteiger partial charge in [-0.3, -0.25) is 9.59 Å². The van der Waals surface area contributed by atoms with Crippen LogP contribution >= 0.6 is 11.3 Å². The molecule has 1 N–H and O–H groups in total. The van der Waals surface area contributed by atoms with Crippen LogP contribution in [0.4, 0.5) is 5.69 Å². The van der Waals surface area contributed by atoms with Crippen LogP contribution in [-0.4, -0.2) is 11.7 Å². The van der Waals surface area contributed by atoms with Crippen molar-refractivity contribution in [3.63, 3.8) is 0 Å². The summed E-state index contributed by atoms with van der Waals surface area (Å²) in [6, 6.07) is 8.73. The molecule has 0 bridgehead atoms. The molecule has 3 nitrogen and oxygen atoms in total. The van der Waals surface area contributed by atoms with Gasteiger partial charge in [0.05, 0.1) is 4.88 Å². The van der Waals surface area contributed by atoms with E-state index in [4.69, 9.17) is 0 Å². The third kappa shape index (κ3) is 2.84. The molecule has 0 saturated carbocycles. The lowest BCUT2D eigenvalue weighted by Crippen LogP contribution is -2.10. The van der Waals surface area contributed by atoms with Crippen LogP contribution in [0.2, 0.25) is 0 Å². The second kappa shape index (κ2) is 5.14. The van der Waals surface area contributed by atoms with E-state index < -0.39 is 0 Å². The molecule has 0 saturated heterocycles. The number of amides is 1. The lowest BCUT2D eigenvalue weighted by Gasteiger charge is -2.04. The first-order valence-corrected chi connectivity index (χ1v) is 6.42. The Morgan fingerprint density at radius 1 is 1.17 bits per heavy atom. The molecular weight excluding hydrogens is 246 g/mol.